The van der Waals surface area contributed by atoms with Crippen molar-refractivity contribution in [2.75, 3.05) is 13.2 Å². The molecule has 0 fully saturated rings. The van der Waals surface area contributed by atoms with E-state index in [-0.39, 0.29) is 25.2 Å². The topological polar surface area (TPSA) is 52.6 Å². The van der Waals surface area contributed by atoms with Crippen LogP contribution in [-0.2, 0) is 14.3 Å². The Balaban J connectivity index is 2.47. The van der Waals surface area contributed by atoms with Crippen molar-refractivity contribution < 1.29 is 19.1 Å². The highest BCUT2D eigenvalue weighted by atomic mass is 16.5. The molecule has 0 unspecified atom stereocenters. The van der Waals surface area contributed by atoms with Crippen LogP contribution in [-0.4, -0.2) is 25.2 Å². The van der Waals surface area contributed by atoms with Crippen LogP contribution in [0.5, 0.6) is 0 Å². The first-order chi connectivity index (χ1) is 10.2. The summed E-state index contributed by atoms with van der Waals surface area (Å²) in [5.41, 5.74) is -0.400. The van der Waals surface area contributed by atoms with E-state index in [1.165, 1.54) is 0 Å². The molecule has 0 radical (unpaired) electrons. The Kier molecular flexibility index (Phi) is 6.15. The molecule has 0 aromatic heterocycles. The van der Waals surface area contributed by atoms with E-state index in [0.717, 1.165) is 6.42 Å². The fourth-order valence-electron chi connectivity index (χ4n) is 1.56. The average molecular weight is 306 g/mol. The highest BCUT2D eigenvalue weighted by Crippen LogP contribution is 2.24. The van der Waals surface area contributed by atoms with Crippen LogP contribution in [0, 0.1) is 10.8 Å². The van der Waals surface area contributed by atoms with E-state index >= 15 is 0 Å². The maximum atomic E-state index is 12.0. The van der Waals surface area contributed by atoms with Gasteiger partial charge < -0.3 is 9.47 Å². The van der Waals surface area contributed by atoms with Gasteiger partial charge in [-0.25, -0.2) is 4.79 Å². The summed E-state index contributed by atoms with van der Waals surface area (Å²) in [6.07, 6.45) is 0.718. The molecule has 4 heteroatoms. The van der Waals surface area contributed by atoms with Crippen molar-refractivity contribution in [2.24, 2.45) is 10.8 Å². The van der Waals surface area contributed by atoms with Crippen LogP contribution < -0.4 is 0 Å². The quantitative estimate of drug-likeness (QED) is 0.718. The zero-order valence-corrected chi connectivity index (χ0v) is 14.1. The number of hydrogen-bond donors (Lipinski definition) is 0. The first kappa shape index (κ1) is 18.2. The normalized spacial score (nSPS) is 11.9. The van der Waals surface area contributed by atoms with Gasteiger partial charge in [-0.1, -0.05) is 39.0 Å². The van der Waals surface area contributed by atoms with Crippen LogP contribution in [0.25, 0.3) is 0 Å². The molecule has 1 rings (SSSR count). The number of rotatable bonds is 7. The van der Waals surface area contributed by atoms with Crippen molar-refractivity contribution in [1.82, 2.24) is 0 Å². The van der Waals surface area contributed by atoms with E-state index in [4.69, 9.17) is 9.47 Å². The standard InChI is InChI=1S/C18H26O4/c1-6-18(4,5)16(20)22-13-17(2,3)12-21-15(19)14-10-8-7-9-11-14/h7-11H,6,12-13H2,1-5H3. The Morgan fingerprint density at radius 1 is 0.955 bits per heavy atom. The summed E-state index contributed by atoms with van der Waals surface area (Å²) in [6, 6.07) is 8.83. The molecule has 1 aromatic rings. The molecule has 0 aliphatic rings. The highest BCUT2D eigenvalue weighted by molar-refractivity contribution is 5.89. The molecule has 0 heterocycles. The molecular formula is C18H26O4. The molecule has 0 atom stereocenters. The molecule has 0 aliphatic heterocycles. The number of carbonyl (C=O) groups is 2. The number of ether oxygens (including phenoxy) is 2. The van der Waals surface area contributed by atoms with Gasteiger partial charge in [-0.3, -0.25) is 4.79 Å². The molecular weight excluding hydrogens is 280 g/mol. The third kappa shape index (κ3) is 5.51. The molecule has 0 spiro atoms. The van der Waals surface area contributed by atoms with Crippen molar-refractivity contribution in [3.8, 4) is 0 Å². The molecule has 0 aliphatic carbocycles. The number of hydrogen-bond acceptors (Lipinski definition) is 4. The zero-order valence-electron chi connectivity index (χ0n) is 14.1. The average Bonchev–Trinajstić information content (AvgIpc) is 2.51. The van der Waals surface area contributed by atoms with Crippen molar-refractivity contribution >= 4 is 11.9 Å². The van der Waals surface area contributed by atoms with E-state index < -0.39 is 10.8 Å². The lowest BCUT2D eigenvalue weighted by atomic mass is 9.90. The van der Waals surface area contributed by atoms with Crippen LogP contribution in [0.2, 0.25) is 0 Å². The molecule has 1 aromatic carbocycles. The fraction of sp³-hybridized carbons (Fsp3) is 0.556. The highest BCUT2D eigenvalue weighted by Gasteiger charge is 2.30. The van der Waals surface area contributed by atoms with Gasteiger partial charge in [0.1, 0.15) is 0 Å². The van der Waals surface area contributed by atoms with E-state index in [2.05, 4.69) is 0 Å². The molecule has 0 saturated heterocycles. The molecule has 122 valence electrons. The Hall–Kier alpha value is -1.84. The second kappa shape index (κ2) is 7.43. The second-order valence-corrected chi connectivity index (χ2v) is 6.92. The fourth-order valence-corrected chi connectivity index (χ4v) is 1.56. The first-order valence-corrected chi connectivity index (χ1v) is 7.57. The molecule has 4 nitrogen and oxygen atoms in total. The lowest BCUT2D eigenvalue weighted by Crippen LogP contribution is -2.33. The van der Waals surface area contributed by atoms with Crippen molar-refractivity contribution in [3.05, 3.63) is 35.9 Å². The van der Waals surface area contributed by atoms with Crippen LogP contribution in [0.4, 0.5) is 0 Å². The van der Waals surface area contributed by atoms with Gasteiger partial charge in [-0.05, 0) is 32.4 Å². The van der Waals surface area contributed by atoms with Gasteiger partial charge in [0.2, 0.25) is 0 Å². The Bertz CT molecular complexity index is 503. The van der Waals surface area contributed by atoms with Crippen LogP contribution in [0.1, 0.15) is 51.4 Å². The Morgan fingerprint density at radius 3 is 2.05 bits per heavy atom. The summed E-state index contributed by atoms with van der Waals surface area (Å²) < 4.78 is 10.7. The number of carbonyl (C=O) groups excluding carboxylic acids is 2. The van der Waals surface area contributed by atoms with Crippen molar-refractivity contribution in [1.29, 1.82) is 0 Å². The zero-order chi connectivity index (χ0) is 16.8. The smallest absolute Gasteiger partial charge is 0.338 e. The lowest BCUT2D eigenvalue weighted by molar-refractivity contribution is -0.158. The summed E-state index contributed by atoms with van der Waals surface area (Å²) in [5.74, 6) is -0.591. The summed E-state index contributed by atoms with van der Waals surface area (Å²) in [6.45, 7) is 9.89. The number of esters is 2. The van der Waals surface area contributed by atoms with Gasteiger partial charge >= 0.3 is 11.9 Å². The van der Waals surface area contributed by atoms with Gasteiger partial charge in [0.25, 0.3) is 0 Å². The maximum Gasteiger partial charge on any atom is 0.338 e. The summed E-state index contributed by atoms with van der Waals surface area (Å²) in [5, 5.41) is 0. The van der Waals surface area contributed by atoms with Crippen LogP contribution in [0.15, 0.2) is 30.3 Å². The van der Waals surface area contributed by atoms with E-state index in [1.54, 1.807) is 24.3 Å². The van der Waals surface area contributed by atoms with Crippen LogP contribution >= 0.6 is 0 Å². The van der Waals surface area contributed by atoms with Crippen molar-refractivity contribution in [3.63, 3.8) is 0 Å². The summed E-state index contributed by atoms with van der Waals surface area (Å²) >= 11 is 0. The van der Waals surface area contributed by atoms with E-state index in [9.17, 15) is 9.59 Å². The molecule has 0 N–H and O–H groups in total. The van der Waals surface area contributed by atoms with E-state index in [0.29, 0.717) is 5.56 Å². The predicted molar refractivity (Wildman–Crippen MR) is 85.5 cm³/mol. The third-order valence-corrected chi connectivity index (χ3v) is 3.63. The van der Waals surface area contributed by atoms with Crippen molar-refractivity contribution in [2.45, 2.75) is 41.0 Å². The molecule has 0 saturated carbocycles. The lowest BCUT2D eigenvalue weighted by Gasteiger charge is -2.27. The first-order valence-electron chi connectivity index (χ1n) is 7.57. The Morgan fingerprint density at radius 2 is 1.50 bits per heavy atom. The second-order valence-electron chi connectivity index (χ2n) is 6.92. The van der Waals surface area contributed by atoms with Gasteiger partial charge in [0.15, 0.2) is 0 Å². The molecule has 22 heavy (non-hydrogen) atoms. The third-order valence-electron chi connectivity index (χ3n) is 3.63. The van der Waals surface area contributed by atoms with Gasteiger partial charge in [0.05, 0.1) is 24.2 Å². The molecule has 0 amide bonds. The monoisotopic (exact) mass is 306 g/mol. The van der Waals surface area contributed by atoms with Gasteiger partial charge in [-0.15, -0.1) is 0 Å². The summed E-state index contributed by atoms with van der Waals surface area (Å²) in [7, 11) is 0. The minimum atomic E-state index is -0.489. The minimum absolute atomic E-state index is 0.195. The van der Waals surface area contributed by atoms with Gasteiger partial charge in [0, 0.05) is 5.41 Å². The predicted octanol–water partition coefficient (Wildman–Crippen LogP) is 3.85. The molecule has 0 bridgehead atoms. The Labute approximate surface area is 132 Å². The van der Waals surface area contributed by atoms with Gasteiger partial charge in [-0.2, -0.15) is 0 Å². The largest absolute Gasteiger partial charge is 0.465 e. The number of benzene rings is 1. The SMILES string of the molecule is CCC(C)(C)C(=O)OCC(C)(C)COC(=O)c1ccccc1. The minimum Gasteiger partial charge on any atom is -0.465 e. The maximum absolute atomic E-state index is 12.0. The summed E-state index contributed by atoms with van der Waals surface area (Å²) in [4.78, 5) is 23.9. The van der Waals surface area contributed by atoms with E-state index in [1.807, 2.05) is 40.7 Å². The van der Waals surface area contributed by atoms with Crippen LogP contribution in [0.3, 0.4) is 0 Å².